The lowest BCUT2D eigenvalue weighted by molar-refractivity contribution is 0.0355. The molecule has 2 saturated heterocycles. The van der Waals surface area contributed by atoms with Crippen LogP contribution in [0.5, 0.6) is 0 Å². The molecule has 24 heavy (non-hydrogen) atoms. The number of amides is 2. The summed E-state index contributed by atoms with van der Waals surface area (Å²) in [5, 5.41) is 2.94. The summed E-state index contributed by atoms with van der Waals surface area (Å²) in [6.07, 6.45) is 3.25. The molecule has 2 aliphatic rings. The van der Waals surface area contributed by atoms with Gasteiger partial charge in [0.05, 0.1) is 11.8 Å². The largest absolute Gasteiger partial charge is 0.375 e. The third-order valence-electron chi connectivity index (χ3n) is 4.47. The number of nitrogens with one attached hydrogen (secondary N) is 1. The molecule has 0 spiro atoms. The van der Waals surface area contributed by atoms with Crippen LogP contribution in [0.4, 0.5) is 14.9 Å². The highest BCUT2D eigenvalue weighted by Gasteiger charge is 2.25. The number of carbonyl (C=O) groups is 1. The van der Waals surface area contributed by atoms with E-state index in [1.165, 1.54) is 25.0 Å². The van der Waals surface area contributed by atoms with Gasteiger partial charge in [0, 0.05) is 31.3 Å². The number of halogens is 2. The third-order valence-corrected chi connectivity index (χ3v) is 4.71. The Bertz CT molecular complexity index is 581. The Hall–Kier alpha value is -1.37. The second-order valence-corrected chi connectivity index (χ2v) is 6.79. The molecule has 3 rings (SSSR count). The predicted octanol–water partition coefficient (Wildman–Crippen LogP) is 3.20. The van der Waals surface area contributed by atoms with Gasteiger partial charge in [0.2, 0.25) is 0 Å². The maximum atomic E-state index is 13.9. The van der Waals surface area contributed by atoms with Crippen LogP contribution in [0.1, 0.15) is 19.3 Å². The molecule has 2 heterocycles. The van der Waals surface area contributed by atoms with E-state index in [4.69, 9.17) is 16.3 Å². The van der Waals surface area contributed by atoms with Gasteiger partial charge in [-0.3, -0.25) is 0 Å². The molecule has 5 nitrogen and oxygen atoms in total. The van der Waals surface area contributed by atoms with Gasteiger partial charge in [0.1, 0.15) is 5.82 Å². The standard InChI is InChI=1S/C17H23ClFN3O2/c18-13-4-5-16(15(19)10-13)20-17(23)22-8-3-9-24-14(12-22)11-21-6-1-2-7-21/h4-5,10,14H,1-3,6-9,11-12H2,(H,20,23)/t14-/m0/s1. The SMILES string of the molecule is O=C(Nc1ccc(Cl)cc1F)N1CCCO[C@@H](CN2CCCC2)C1. The summed E-state index contributed by atoms with van der Waals surface area (Å²) < 4.78 is 19.7. The molecule has 1 N–H and O–H groups in total. The number of hydrogen-bond acceptors (Lipinski definition) is 3. The molecule has 1 atom stereocenters. The van der Waals surface area contributed by atoms with Gasteiger partial charge < -0.3 is 19.9 Å². The van der Waals surface area contributed by atoms with Crippen molar-refractivity contribution in [3.05, 3.63) is 29.0 Å². The van der Waals surface area contributed by atoms with E-state index in [9.17, 15) is 9.18 Å². The molecule has 0 aliphatic carbocycles. The molecule has 1 aromatic rings. The van der Waals surface area contributed by atoms with E-state index in [-0.39, 0.29) is 17.8 Å². The topological polar surface area (TPSA) is 44.8 Å². The van der Waals surface area contributed by atoms with Crippen LogP contribution in [-0.2, 0) is 4.74 Å². The van der Waals surface area contributed by atoms with Crippen LogP contribution in [0, 0.1) is 5.82 Å². The zero-order chi connectivity index (χ0) is 16.9. The Morgan fingerprint density at radius 2 is 2.08 bits per heavy atom. The minimum absolute atomic E-state index is 0.00594. The van der Waals surface area contributed by atoms with E-state index in [1.807, 2.05) is 0 Å². The first-order chi connectivity index (χ1) is 11.6. The monoisotopic (exact) mass is 355 g/mol. The smallest absolute Gasteiger partial charge is 0.322 e. The molecule has 0 saturated carbocycles. The van der Waals surface area contributed by atoms with E-state index in [2.05, 4.69) is 10.2 Å². The molecule has 0 aromatic heterocycles. The second kappa shape index (κ2) is 8.14. The van der Waals surface area contributed by atoms with Crippen molar-refractivity contribution >= 4 is 23.3 Å². The van der Waals surface area contributed by atoms with Crippen LogP contribution in [0.15, 0.2) is 18.2 Å². The van der Waals surface area contributed by atoms with Crippen LogP contribution in [0.2, 0.25) is 5.02 Å². The Balaban J connectivity index is 1.59. The van der Waals surface area contributed by atoms with Gasteiger partial charge in [0.15, 0.2) is 0 Å². The van der Waals surface area contributed by atoms with Crippen molar-refractivity contribution in [1.29, 1.82) is 0 Å². The maximum Gasteiger partial charge on any atom is 0.322 e. The summed E-state index contributed by atoms with van der Waals surface area (Å²) in [7, 11) is 0. The molecule has 7 heteroatoms. The Morgan fingerprint density at radius 1 is 1.29 bits per heavy atom. The number of ether oxygens (including phenoxy) is 1. The van der Waals surface area contributed by atoms with Gasteiger partial charge in [0.25, 0.3) is 0 Å². The highest BCUT2D eigenvalue weighted by Crippen LogP contribution is 2.20. The summed E-state index contributed by atoms with van der Waals surface area (Å²) >= 11 is 5.74. The third kappa shape index (κ3) is 4.59. The number of likely N-dealkylation sites (tertiary alicyclic amines) is 1. The van der Waals surface area contributed by atoms with E-state index >= 15 is 0 Å². The van der Waals surface area contributed by atoms with Crippen LogP contribution in [0.25, 0.3) is 0 Å². The van der Waals surface area contributed by atoms with Crippen molar-refractivity contribution < 1.29 is 13.9 Å². The molecule has 132 valence electrons. The van der Waals surface area contributed by atoms with E-state index in [1.54, 1.807) is 11.0 Å². The number of benzene rings is 1. The average molecular weight is 356 g/mol. The van der Waals surface area contributed by atoms with Crippen molar-refractivity contribution in [2.45, 2.75) is 25.4 Å². The van der Waals surface area contributed by atoms with Crippen molar-refractivity contribution in [2.75, 3.05) is 44.6 Å². The summed E-state index contributed by atoms with van der Waals surface area (Å²) in [6, 6.07) is 3.93. The fraction of sp³-hybridized carbons (Fsp3) is 0.588. The van der Waals surface area contributed by atoms with Crippen LogP contribution < -0.4 is 5.32 Å². The Kier molecular flexibility index (Phi) is 5.92. The molecule has 2 amide bonds. The van der Waals surface area contributed by atoms with Crippen molar-refractivity contribution in [1.82, 2.24) is 9.80 Å². The van der Waals surface area contributed by atoms with Crippen LogP contribution >= 0.6 is 11.6 Å². The first-order valence-corrected chi connectivity index (χ1v) is 8.84. The van der Waals surface area contributed by atoms with Gasteiger partial charge in [-0.1, -0.05) is 11.6 Å². The van der Waals surface area contributed by atoms with Crippen LogP contribution in [0.3, 0.4) is 0 Å². The van der Waals surface area contributed by atoms with Gasteiger partial charge in [-0.25, -0.2) is 9.18 Å². The van der Waals surface area contributed by atoms with Crippen LogP contribution in [-0.4, -0.2) is 61.3 Å². The Labute approximate surface area is 146 Å². The van der Waals surface area contributed by atoms with E-state index in [0.29, 0.717) is 24.7 Å². The van der Waals surface area contributed by atoms with Gasteiger partial charge in [-0.15, -0.1) is 0 Å². The fourth-order valence-corrected chi connectivity index (χ4v) is 3.39. The molecular weight excluding hydrogens is 333 g/mol. The van der Waals surface area contributed by atoms with Gasteiger partial charge in [-0.2, -0.15) is 0 Å². The lowest BCUT2D eigenvalue weighted by Crippen LogP contribution is -2.43. The van der Waals surface area contributed by atoms with E-state index in [0.717, 1.165) is 26.1 Å². The maximum absolute atomic E-state index is 13.9. The molecule has 1 aromatic carbocycles. The molecule has 2 aliphatic heterocycles. The number of anilines is 1. The number of hydrogen-bond donors (Lipinski definition) is 1. The predicted molar refractivity (Wildman–Crippen MR) is 92.0 cm³/mol. The average Bonchev–Trinajstić information content (AvgIpc) is 2.94. The summed E-state index contributed by atoms with van der Waals surface area (Å²) in [5.74, 6) is -0.532. The van der Waals surface area contributed by atoms with Crippen molar-refractivity contribution in [2.24, 2.45) is 0 Å². The highest BCUT2D eigenvalue weighted by atomic mass is 35.5. The number of rotatable bonds is 3. The first kappa shape index (κ1) is 17.5. The molecule has 0 unspecified atom stereocenters. The fourth-order valence-electron chi connectivity index (χ4n) is 3.23. The summed E-state index contributed by atoms with van der Waals surface area (Å²) in [4.78, 5) is 16.6. The minimum Gasteiger partial charge on any atom is -0.375 e. The number of nitrogens with zero attached hydrogens (tertiary/aromatic N) is 2. The minimum atomic E-state index is -0.532. The molecular formula is C17H23ClFN3O2. The Morgan fingerprint density at radius 3 is 2.83 bits per heavy atom. The van der Waals surface area contributed by atoms with E-state index < -0.39 is 5.82 Å². The summed E-state index contributed by atoms with van der Waals surface area (Å²) in [6.45, 7) is 4.83. The quantitative estimate of drug-likeness (QED) is 0.905. The zero-order valence-corrected chi connectivity index (χ0v) is 14.4. The van der Waals surface area contributed by atoms with Crippen molar-refractivity contribution in [3.8, 4) is 0 Å². The first-order valence-electron chi connectivity index (χ1n) is 8.47. The van der Waals surface area contributed by atoms with Gasteiger partial charge in [-0.05, 0) is 50.6 Å². The molecule has 2 fully saturated rings. The highest BCUT2D eigenvalue weighted by molar-refractivity contribution is 6.30. The van der Waals surface area contributed by atoms with Gasteiger partial charge >= 0.3 is 6.03 Å². The zero-order valence-electron chi connectivity index (χ0n) is 13.6. The normalized spacial score (nSPS) is 22.4. The lowest BCUT2D eigenvalue weighted by Gasteiger charge is -2.27. The van der Waals surface area contributed by atoms with Crippen molar-refractivity contribution in [3.63, 3.8) is 0 Å². The second-order valence-electron chi connectivity index (χ2n) is 6.35. The number of urea groups is 1. The summed E-state index contributed by atoms with van der Waals surface area (Å²) in [5.41, 5.74) is 0.144. The molecule has 0 radical (unpaired) electrons. The molecule has 0 bridgehead atoms. The lowest BCUT2D eigenvalue weighted by atomic mass is 10.3. The number of carbonyl (C=O) groups excluding carboxylic acids is 1.